The summed E-state index contributed by atoms with van der Waals surface area (Å²) < 4.78 is 0. The lowest BCUT2D eigenvalue weighted by molar-refractivity contribution is 0.0961. The first-order valence-electron chi connectivity index (χ1n) is 6.12. The van der Waals surface area contributed by atoms with Gasteiger partial charge in [-0.25, -0.2) is 4.98 Å². The molecule has 3 nitrogen and oxygen atoms in total. The highest BCUT2D eigenvalue weighted by atomic mass is 32.1. The van der Waals surface area contributed by atoms with Gasteiger partial charge in [0.1, 0.15) is 4.88 Å². The minimum absolute atomic E-state index is 0.0405. The van der Waals surface area contributed by atoms with E-state index in [4.69, 9.17) is 0 Å². The van der Waals surface area contributed by atoms with E-state index in [1.54, 1.807) is 0 Å². The Morgan fingerprint density at radius 1 is 1.44 bits per heavy atom. The minimum atomic E-state index is -0.0405. The summed E-state index contributed by atoms with van der Waals surface area (Å²) in [6.07, 6.45) is 7.11. The first kappa shape index (κ1) is 14.6. The number of nitrogens with one attached hydrogen (secondary N) is 1. The van der Waals surface area contributed by atoms with E-state index in [0.29, 0.717) is 11.4 Å². The van der Waals surface area contributed by atoms with Crippen LogP contribution in [0.5, 0.6) is 0 Å². The lowest BCUT2D eigenvalue weighted by Gasteiger charge is -2.00. The molecule has 0 spiro atoms. The minimum Gasteiger partial charge on any atom is -0.348 e. The summed E-state index contributed by atoms with van der Waals surface area (Å²) in [4.78, 5) is 16.8. The smallest absolute Gasteiger partial charge is 0.263 e. The van der Waals surface area contributed by atoms with Crippen LogP contribution in [0.15, 0.2) is 23.8 Å². The molecule has 1 aromatic heterocycles. The van der Waals surface area contributed by atoms with Crippen molar-refractivity contribution in [1.29, 1.82) is 0 Å². The Bertz CT molecular complexity index is 472. The molecule has 0 aromatic carbocycles. The summed E-state index contributed by atoms with van der Waals surface area (Å²) in [5, 5.41) is 3.80. The molecule has 0 radical (unpaired) electrons. The van der Waals surface area contributed by atoms with Gasteiger partial charge >= 0.3 is 0 Å². The fourth-order valence-corrected chi connectivity index (χ4v) is 2.44. The van der Waals surface area contributed by atoms with Gasteiger partial charge in [-0.3, -0.25) is 4.79 Å². The highest BCUT2D eigenvalue weighted by Crippen LogP contribution is 2.16. The highest BCUT2D eigenvalue weighted by molar-refractivity contribution is 7.13. The van der Waals surface area contributed by atoms with Crippen molar-refractivity contribution in [3.63, 3.8) is 0 Å². The SMILES string of the molecule is C/C=C(/C=C\CNC(=O)c1sc(C)nc1C)CC. The molecule has 0 fully saturated rings. The number of amides is 1. The van der Waals surface area contributed by atoms with Crippen LogP contribution >= 0.6 is 11.3 Å². The number of thiazole rings is 1. The largest absolute Gasteiger partial charge is 0.348 e. The monoisotopic (exact) mass is 264 g/mol. The number of carbonyl (C=O) groups excluding carboxylic acids is 1. The van der Waals surface area contributed by atoms with Crippen molar-refractivity contribution in [2.45, 2.75) is 34.1 Å². The zero-order valence-electron chi connectivity index (χ0n) is 11.4. The lowest BCUT2D eigenvalue weighted by atomic mass is 10.2. The van der Waals surface area contributed by atoms with Gasteiger partial charge in [-0.2, -0.15) is 0 Å². The molecule has 1 rings (SSSR count). The number of hydrogen-bond acceptors (Lipinski definition) is 3. The van der Waals surface area contributed by atoms with Crippen molar-refractivity contribution in [3.8, 4) is 0 Å². The van der Waals surface area contributed by atoms with E-state index >= 15 is 0 Å². The van der Waals surface area contributed by atoms with Crippen molar-refractivity contribution >= 4 is 17.2 Å². The molecule has 4 heteroatoms. The summed E-state index contributed by atoms with van der Waals surface area (Å²) in [6, 6.07) is 0. The number of hydrogen-bond donors (Lipinski definition) is 1. The molecule has 0 unspecified atom stereocenters. The molecule has 0 atom stereocenters. The summed E-state index contributed by atoms with van der Waals surface area (Å²) in [7, 11) is 0. The van der Waals surface area contributed by atoms with E-state index in [0.717, 1.165) is 17.1 Å². The van der Waals surface area contributed by atoms with Crippen LogP contribution in [0.25, 0.3) is 0 Å². The number of rotatable bonds is 5. The number of nitrogens with zero attached hydrogens (tertiary/aromatic N) is 1. The number of carbonyl (C=O) groups is 1. The lowest BCUT2D eigenvalue weighted by Crippen LogP contribution is -2.23. The summed E-state index contributed by atoms with van der Waals surface area (Å²) in [5.41, 5.74) is 2.08. The van der Waals surface area contributed by atoms with Gasteiger partial charge in [0, 0.05) is 6.54 Å². The van der Waals surface area contributed by atoms with Crippen molar-refractivity contribution in [1.82, 2.24) is 10.3 Å². The molecule has 0 saturated heterocycles. The molecule has 0 aliphatic carbocycles. The average Bonchev–Trinajstić information content (AvgIpc) is 2.68. The highest BCUT2D eigenvalue weighted by Gasteiger charge is 2.12. The van der Waals surface area contributed by atoms with Crippen molar-refractivity contribution in [2.24, 2.45) is 0 Å². The first-order chi connectivity index (χ1) is 8.58. The second-order valence-electron chi connectivity index (χ2n) is 3.98. The predicted octanol–water partition coefficient (Wildman–Crippen LogP) is 3.40. The van der Waals surface area contributed by atoms with Gasteiger partial charge < -0.3 is 5.32 Å². The van der Waals surface area contributed by atoms with Crippen LogP contribution in [0.3, 0.4) is 0 Å². The van der Waals surface area contributed by atoms with Crippen molar-refractivity contribution in [2.75, 3.05) is 6.54 Å². The van der Waals surface area contributed by atoms with Gasteiger partial charge in [0.05, 0.1) is 10.7 Å². The molecular weight excluding hydrogens is 244 g/mol. The fraction of sp³-hybridized carbons (Fsp3) is 0.429. The van der Waals surface area contributed by atoms with Gasteiger partial charge in [-0.15, -0.1) is 11.3 Å². The van der Waals surface area contributed by atoms with E-state index in [9.17, 15) is 4.79 Å². The molecule has 1 amide bonds. The van der Waals surface area contributed by atoms with Crippen molar-refractivity contribution in [3.05, 3.63) is 39.4 Å². The topological polar surface area (TPSA) is 42.0 Å². The van der Waals surface area contributed by atoms with Gasteiger partial charge in [0.2, 0.25) is 0 Å². The molecule has 0 bridgehead atoms. The third-order valence-corrected chi connectivity index (χ3v) is 3.67. The van der Waals surface area contributed by atoms with Gasteiger partial charge in [-0.1, -0.05) is 30.7 Å². The molecular formula is C14H20N2OS. The van der Waals surface area contributed by atoms with Crippen LogP contribution in [0, 0.1) is 13.8 Å². The third kappa shape index (κ3) is 4.11. The molecule has 0 aliphatic rings. The molecule has 1 N–H and O–H groups in total. The Labute approximate surface area is 113 Å². The summed E-state index contributed by atoms with van der Waals surface area (Å²) in [6.45, 7) is 8.46. The Morgan fingerprint density at radius 3 is 2.67 bits per heavy atom. The number of aryl methyl sites for hydroxylation is 2. The standard InChI is InChI=1S/C14H20N2OS/c1-5-12(6-2)8-7-9-15-14(17)13-10(3)16-11(4)18-13/h5,7-8H,6,9H2,1-4H3,(H,15,17)/b8-7-,12-5+. The van der Waals surface area contributed by atoms with E-state index < -0.39 is 0 Å². The third-order valence-electron chi connectivity index (χ3n) is 2.60. The molecule has 98 valence electrons. The van der Waals surface area contributed by atoms with Crippen LogP contribution in [0.1, 0.15) is 40.6 Å². The molecule has 0 aliphatic heterocycles. The van der Waals surface area contributed by atoms with Crippen LogP contribution in [-0.2, 0) is 0 Å². The van der Waals surface area contributed by atoms with Crippen LogP contribution < -0.4 is 5.32 Å². The zero-order chi connectivity index (χ0) is 13.5. The van der Waals surface area contributed by atoms with Crippen LogP contribution in [0.4, 0.5) is 0 Å². The fourth-order valence-electron chi connectivity index (χ4n) is 1.60. The van der Waals surface area contributed by atoms with E-state index in [1.807, 2.05) is 32.9 Å². The molecule has 1 heterocycles. The number of allylic oxidation sites excluding steroid dienone is 3. The number of aromatic nitrogens is 1. The van der Waals surface area contributed by atoms with E-state index in [-0.39, 0.29) is 5.91 Å². The maximum atomic E-state index is 11.9. The molecule has 0 saturated carbocycles. The Morgan fingerprint density at radius 2 is 2.17 bits per heavy atom. The zero-order valence-corrected chi connectivity index (χ0v) is 12.2. The van der Waals surface area contributed by atoms with Gasteiger partial charge in [0.25, 0.3) is 5.91 Å². The second-order valence-corrected chi connectivity index (χ2v) is 5.18. The maximum absolute atomic E-state index is 11.9. The Balaban J connectivity index is 2.50. The molecule has 18 heavy (non-hydrogen) atoms. The van der Waals surface area contributed by atoms with Gasteiger partial charge in [0.15, 0.2) is 0 Å². The molecule has 1 aromatic rings. The Hall–Kier alpha value is -1.42. The maximum Gasteiger partial charge on any atom is 0.263 e. The average molecular weight is 264 g/mol. The van der Waals surface area contributed by atoms with Gasteiger partial charge in [-0.05, 0) is 27.2 Å². The van der Waals surface area contributed by atoms with Crippen LogP contribution in [0.2, 0.25) is 0 Å². The van der Waals surface area contributed by atoms with E-state index in [2.05, 4.69) is 23.3 Å². The quantitative estimate of drug-likeness (QED) is 0.828. The summed E-state index contributed by atoms with van der Waals surface area (Å²) >= 11 is 1.44. The summed E-state index contributed by atoms with van der Waals surface area (Å²) in [5.74, 6) is -0.0405. The first-order valence-corrected chi connectivity index (χ1v) is 6.94. The van der Waals surface area contributed by atoms with Crippen molar-refractivity contribution < 1.29 is 4.79 Å². The Kier molecular flexibility index (Phi) is 5.78. The normalized spacial score (nSPS) is 12.1. The second kappa shape index (κ2) is 7.11. The van der Waals surface area contributed by atoms with E-state index in [1.165, 1.54) is 16.9 Å². The van der Waals surface area contributed by atoms with Crippen LogP contribution in [-0.4, -0.2) is 17.4 Å². The predicted molar refractivity (Wildman–Crippen MR) is 77.1 cm³/mol.